The van der Waals surface area contributed by atoms with Crippen LogP contribution in [0, 0.1) is 0 Å². The highest BCUT2D eigenvalue weighted by atomic mass is 16.5. The fraction of sp³-hybridized carbons (Fsp3) is 0.524. The third-order valence-corrected chi connectivity index (χ3v) is 5.47. The molecule has 1 aromatic carbocycles. The van der Waals surface area contributed by atoms with Gasteiger partial charge in [-0.05, 0) is 54.4 Å². The minimum atomic E-state index is -0.0989. The van der Waals surface area contributed by atoms with Crippen molar-refractivity contribution < 1.29 is 9.53 Å². The molecular weight excluding hydrogens is 326 g/mol. The Labute approximate surface area is 154 Å². The zero-order chi connectivity index (χ0) is 17.9. The minimum Gasteiger partial charge on any atom is -0.461 e. The summed E-state index contributed by atoms with van der Waals surface area (Å²) in [5.41, 5.74) is 5.51. The molecule has 0 amide bonds. The van der Waals surface area contributed by atoms with Gasteiger partial charge in [0.05, 0.1) is 6.20 Å². The average Bonchev–Trinajstić information content (AvgIpc) is 3.34. The number of hydrogen-bond acceptors (Lipinski definition) is 4. The lowest BCUT2D eigenvalue weighted by Crippen LogP contribution is -2.25. The molecule has 1 aromatic heterocycles. The number of benzene rings is 1. The first-order chi connectivity index (χ1) is 12.7. The van der Waals surface area contributed by atoms with Crippen molar-refractivity contribution in [3.63, 3.8) is 0 Å². The molecule has 2 aromatic rings. The monoisotopic (exact) mass is 353 g/mol. The van der Waals surface area contributed by atoms with Gasteiger partial charge in [0.15, 0.2) is 0 Å². The van der Waals surface area contributed by atoms with Gasteiger partial charge in [-0.3, -0.25) is 14.4 Å². The summed E-state index contributed by atoms with van der Waals surface area (Å²) in [4.78, 5) is 14.5. The summed E-state index contributed by atoms with van der Waals surface area (Å²) >= 11 is 0. The quantitative estimate of drug-likeness (QED) is 0.749. The molecule has 2 aliphatic rings. The molecule has 5 heteroatoms. The Bertz CT molecular complexity index is 783. The smallest absolute Gasteiger partial charge is 0.306 e. The highest BCUT2D eigenvalue weighted by Gasteiger charge is 2.25. The van der Waals surface area contributed by atoms with E-state index in [1.165, 1.54) is 36.0 Å². The van der Waals surface area contributed by atoms with Gasteiger partial charge in [-0.1, -0.05) is 18.2 Å². The van der Waals surface area contributed by atoms with Crippen molar-refractivity contribution in [2.75, 3.05) is 13.1 Å². The van der Waals surface area contributed by atoms with Crippen molar-refractivity contribution in [1.29, 1.82) is 0 Å². The van der Waals surface area contributed by atoms with Crippen LogP contribution in [0.2, 0.25) is 0 Å². The fourth-order valence-electron chi connectivity index (χ4n) is 4.11. The molecule has 0 unspecified atom stereocenters. The predicted molar refractivity (Wildman–Crippen MR) is 99.8 cm³/mol. The van der Waals surface area contributed by atoms with Crippen molar-refractivity contribution in [1.82, 2.24) is 14.7 Å². The minimum absolute atomic E-state index is 0.0332. The number of ether oxygens (including phenoxy) is 1. The van der Waals surface area contributed by atoms with Gasteiger partial charge in [-0.15, -0.1) is 0 Å². The Balaban J connectivity index is 1.22. The van der Waals surface area contributed by atoms with Gasteiger partial charge in [0, 0.05) is 39.3 Å². The van der Waals surface area contributed by atoms with E-state index in [0.29, 0.717) is 12.8 Å². The first kappa shape index (κ1) is 17.3. The molecule has 1 atom stereocenters. The molecule has 2 heterocycles. The van der Waals surface area contributed by atoms with Crippen LogP contribution < -0.4 is 0 Å². The Morgan fingerprint density at radius 1 is 1.27 bits per heavy atom. The van der Waals surface area contributed by atoms with Crippen LogP contribution in [-0.4, -0.2) is 39.8 Å². The first-order valence-electron chi connectivity index (χ1n) is 9.66. The number of esters is 1. The van der Waals surface area contributed by atoms with E-state index < -0.39 is 0 Å². The lowest BCUT2D eigenvalue weighted by atomic mass is 10.1. The third kappa shape index (κ3) is 4.15. The van der Waals surface area contributed by atoms with E-state index in [-0.39, 0.29) is 12.1 Å². The van der Waals surface area contributed by atoms with E-state index >= 15 is 0 Å². The Morgan fingerprint density at radius 2 is 2.15 bits per heavy atom. The highest BCUT2D eigenvalue weighted by molar-refractivity contribution is 5.70. The summed E-state index contributed by atoms with van der Waals surface area (Å²) in [6, 6.07) is 6.93. The molecule has 1 saturated heterocycles. The maximum Gasteiger partial charge on any atom is 0.306 e. The van der Waals surface area contributed by atoms with E-state index in [0.717, 1.165) is 31.6 Å². The number of likely N-dealkylation sites (tertiary alicyclic amines) is 1. The van der Waals surface area contributed by atoms with Gasteiger partial charge in [0.1, 0.15) is 6.10 Å². The Morgan fingerprint density at radius 3 is 3.00 bits per heavy atom. The van der Waals surface area contributed by atoms with Gasteiger partial charge < -0.3 is 4.74 Å². The zero-order valence-electron chi connectivity index (χ0n) is 15.5. The Hall–Kier alpha value is -2.14. The molecule has 26 heavy (non-hydrogen) atoms. The molecule has 1 fully saturated rings. The van der Waals surface area contributed by atoms with Crippen molar-refractivity contribution in [3.05, 3.63) is 52.8 Å². The maximum absolute atomic E-state index is 12.1. The second-order valence-electron chi connectivity index (χ2n) is 7.61. The number of fused-ring (bicyclic) bond motifs is 1. The third-order valence-electron chi connectivity index (χ3n) is 5.47. The molecule has 0 saturated carbocycles. The first-order valence-corrected chi connectivity index (χ1v) is 9.66. The van der Waals surface area contributed by atoms with Crippen LogP contribution in [0.5, 0.6) is 0 Å². The number of carbonyl (C=O) groups is 1. The van der Waals surface area contributed by atoms with Gasteiger partial charge in [-0.25, -0.2) is 0 Å². The number of aromatic nitrogens is 2. The van der Waals surface area contributed by atoms with E-state index in [9.17, 15) is 4.79 Å². The molecular formula is C21H27N3O2. The van der Waals surface area contributed by atoms with Crippen molar-refractivity contribution in [2.45, 2.75) is 51.2 Å². The Kier molecular flexibility index (Phi) is 5.07. The average molecular weight is 353 g/mol. The molecule has 4 rings (SSSR count). The van der Waals surface area contributed by atoms with E-state index in [4.69, 9.17) is 4.74 Å². The second kappa shape index (κ2) is 7.62. The molecule has 1 aliphatic carbocycles. The van der Waals surface area contributed by atoms with Crippen molar-refractivity contribution >= 4 is 5.97 Å². The molecule has 0 spiro atoms. The molecule has 0 N–H and O–H groups in total. The summed E-state index contributed by atoms with van der Waals surface area (Å²) in [6.07, 6.45) is 9.58. The van der Waals surface area contributed by atoms with Gasteiger partial charge in [-0.2, -0.15) is 5.10 Å². The van der Waals surface area contributed by atoms with E-state index in [1.807, 2.05) is 13.2 Å². The summed E-state index contributed by atoms with van der Waals surface area (Å²) in [6.45, 7) is 2.80. The van der Waals surface area contributed by atoms with Gasteiger partial charge in [0.2, 0.25) is 0 Å². The van der Waals surface area contributed by atoms with Gasteiger partial charge in [0.25, 0.3) is 0 Å². The van der Waals surface area contributed by atoms with Gasteiger partial charge >= 0.3 is 5.97 Å². The van der Waals surface area contributed by atoms with Crippen LogP contribution in [0.25, 0.3) is 0 Å². The summed E-state index contributed by atoms with van der Waals surface area (Å²) in [5.74, 6) is -0.0989. The van der Waals surface area contributed by atoms with Crippen LogP contribution in [0.4, 0.5) is 0 Å². The molecule has 138 valence electrons. The van der Waals surface area contributed by atoms with Crippen LogP contribution in [-0.2, 0) is 42.4 Å². The number of hydrogen-bond donors (Lipinski definition) is 0. The molecule has 0 radical (unpaired) electrons. The van der Waals surface area contributed by atoms with E-state index in [2.05, 4.69) is 28.2 Å². The summed E-state index contributed by atoms with van der Waals surface area (Å²) in [5, 5.41) is 4.13. The topological polar surface area (TPSA) is 47.4 Å². The van der Waals surface area contributed by atoms with Crippen LogP contribution >= 0.6 is 0 Å². The number of rotatable bonds is 6. The lowest BCUT2D eigenvalue weighted by molar-refractivity contribution is -0.148. The lowest BCUT2D eigenvalue weighted by Gasteiger charge is -2.17. The maximum atomic E-state index is 12.1. The second-order valence-corrected chi connectivity index (χ2v) is 7.61. The zero-order valence-corrected chi connectivity index (χ0v) is 15.5. The predicted octanol–water partition coefficient (Wildman–Crippen LogP) is 2.66. The molecule has 0 bridgehead atoms. The summed E-state index contributed by atoms with van der Waals surface area (Å²) in [7, 11) is 1.88. The molecule has 5 nitrogen and oxygen atoms in total. The number of carbonyl (C=O) groups excluding carboxylic acids is 1. The number of nitrogens with zero attached hydrogens (tertiary/aromatic N) is 3. The van der Waals surface area contributed by atoms with Crippen molar-refractivity contribution in [2.24, 2.45) is 7.05 Å². The van der Waals surface area contributed by atoms with E-state index in [1.54, 1.807) is 10.9 Å². The van der Waals surface area contributed by atoms with Crippen LogP contribution in [0.15, 0.2) is 30.6 Å². The largest absolute Gasteiger partial charge is 0.461 e. The van der Waals surface area contributed by atoms with Crippen LogP contribution in [0.1, 0.15) is 41.5 Å². The SMILES string of the molecule is Cn1cc(CCC(=O)O[C@H]2CCN(Cc3ccc4c(c3)CCC4)C2)cn1. The fourth-order valence-corrected chi connectivity index (χ4v) is 4.11. The summed E-state index contributed by atoms with van der Waals surface area (Å²) < 4.78 is 7.43. The normalized spacial score (nSPS) is 19.7. The van der Waals surface area contributed by atoms with Crippen LogP contribution in [0.3, 0.4) is 0 Å². The van der Waals surface area contributed by atoms with Crippen molar-refractivity contribution in [3.8, 4) is 0 Å². The standard InChI is InChI=1S/C21H27N3O2/c1-23-13-17(12-22-23)6-8-21(25)26-20-9-10-24(15-20)14-16-5-7-18-3-2-4-19(18)11-16/h5,7,11-13,20H,2-4,6,8-10,14-15H2,1H3/t20-/m0/s1. The highest BCUT2D eigenvalue weighted by Crippen LogP contribution is 2.24. The molecule has 1 aliphatic heterocycles. The number of aryl methyl sites for hydroxylation is 4.